The average molecular weight is 247 g/mol. The molecule has 6 heteroatoms. The molecule has 80 valence electrons. The first-order valence-electron chi connectivity index (χ1n) is 4.03. The number of rotatable bonds is 3. The van der Waals surface area contributed by atoms with Gasteiger partial charge in [-0.05, 0) is 12.1 Å². The Morgan fingerprint density at radius 1 is 1.33 bits per heavy atom. The number of carbonyl (C=O) groups excluding carboxylic acids is 2. The summed E-state index contributed by atoms with van der Waals surface area (Å²) in [5, 5.41) is 2.99. The van der Waals surface area contributed by atoms with Crippen LogP contribution in [0.25, 0.3) is 0 Å². The van der Waals surface area contributed by atoms with E-state index in [1.807, 2.05) is 0 Å². The van der Waals surface area contributed by atoms with Crippen LogP contribution in [-0.2, 0) is 9.59 Å². The third-order valence-corrected chi connectivity index (χ3v) is 2.38. The number of nitrogens with one attached hydrogen (secondary N) is 1. The summed E-state index contributed by atoms with van der Waals surface area (Å²) in [6, 6.07) is 4.80. The predicted octanol–water partition coefficient (Wildman–Crippen LogP) is 1.81. The quantitative estimate of drug-likeness (QED) is 0.799. The van der Waals surface area contributed by atoms with E-state index in [9.17, 15) is 9.59 Å². The zero-order valence-electron chi connectivity index (χ0n) is 7.59. The molecule has 0 heterocycles. The zero-order chi connectivity index (χ0) is 11.4. The number of primary amides is 1. The van der Waals surface area contributed by atoms with Crippen LogP contribution in [0.1, 0.15) is 6.42 Å². The van der Waals surface area contributed by atoms with Gasteiger partial charge in [0.05, 0.1) is 15.7 Å². The van der Waals surface area contributed by atoms with Gasteiger partial charge in [-0.25, -0.2) is 0 Å². The Labute approximate surface area is 96.3 Å². The van der Waals surface area contributed by atoms with E-state index < -0.39 is 11.8 Å². The van der Waals surface area contributed by atoms with E-state index in [-0.39, 0.29) is 11.4 Å². The molecule has 1 aromatic carbocycles. The maximum absolute atomic E-state index is 11.2. The van der Waals surface area contributed by atoms with Crippen LogP contribution >= 0.6 is 23.2 Å². The maximum atomic E-state index is 11.2. The van der Waals surface area contributed by atoms with Crippen LogP contribution in [0.2, 0.25) is 10.0 Å². The first-order valence-corrected chi connectivity index (χ1v) is 4.78. The fraction of sp³-hybridized carbons (Fsp3) is 0.111. The van der Waals surface area contributed by atoms with Crippen molar-refractivity contribution in [2.75, 3.05) is 5.32 Å². The summed E-state index contributed by atoms with van der Waals surface area (Å²) >= 11 is 11.5. The fourth-order valence-corrected chi connectivity index (χ4v) is 1.30. The second-order valence-electron chi connectivity index (χ2n) is 2.79. The number of amides is 2. The Bertz CT molecular complexity index is 407. The topological polar surface area (TPSA) is 72.2 Å². The molecule has 2 amide bonds. The lowest BCUT2D eigenvalue weighted by Crippen LogP contribution is -2.21. The highest BCUT2D eigenvalue weighted by Crippen LogP contribution is 2.29. The summed E-state index contributed by atoms with van der Waals surface area (Å²) in [6.45, 7) is 0. The summed E-state index contributed by atoms with van der Waals surface area (Å²) in [6.07, 6.45) is -0.386. The molecule has 0 fully saturated rings. The third-order valence-electron chi connectivity index (χ3n) is 1.56. The number of nitrogens with two attached hydrogens (primary N) is 1. The molecule has 4 nitrogen and oxygen atoms in total. The van der Waals surface area contributed by atoms with Gasteiger partial charge in [-0.1, -0.05) is 29.3 Å². The Kier molecular flexibility index (Phi) is 3.94. The molecule has 0 atom stereocenters. The SMILES string of the molecule is NC(=O)CC(=O)Nc1cccc(Cl)c1Cl. The van der Waals surface area contributed by atoms with Crippen LogP contribution < -0.4 is 11.1 Å². The average Bonchev–Trinajstić information content (AvgIpc) is 2.11. The highest BCUT2D eigenvalue weighted by Gasteiger charge is 2.09. The largest absolute Gasteiger partial charge is 0.369 e. The number of anilines is 1. The fourth-order valence-electron chi connectivity index (χ4n) is 0.953. The summed E-state index contributed by atoms with van der Waals surface area (Å²) in [4.78, 5) is 21.6. The monoisotopic (exact) mass is 246 g/mol. The molecular weight excluding hydrogens is 239 g/mol. The molecule has 0 aliphatic heterocycles. The Morgan fingerprint density at radius 2 is 2.00 bits per heavy atom. The van der Waals surface area contributed by atoms with E-state index in [0.717, 1.165) is 0 Å². The Morgan fingerprint density at radius 3 is 2.60 bits per heavy atom. The van der Waals surface area contributed by atoms with Crippen molar-refractivity contribution in [3.05, 3.63) is 28.2 Å². The lowest BCUT2D eigenvalue weighted by Gasteiger charge is -2.06. The van der Waals surface area contributed by atoms with Gasteiger partial charge in [0.2, 0.25) is 11.8 Å². The molecular formula is C9H8Cl2N2O2. The highest BCUT2D eigenvalue weighted by molar-refractivity contribution is 6.44. The molecule has 1 rings (SSSR count). The minimum Gasteiger partial charge on any atom is -0.369 e. The van der Waals surface area contributed by atoms with Crippen LogP contribution in [0.4, 0.5) is 5.69 Å². The van der Waals surface area contributed by atoms with Crippen LogP contribution in [0.3, 0.4) is 0 Å². The van der Waals surface area contributed by atoms with Gasteiger partial charge >= 0.3 is 0 Å². The highest BCUT2D eigenvalue weighted by atomic mass is 35.5. The van der Waals surface area contributed by atoms with Gasteiger partial charge < -0.3 is 11.1 Å². The van der Waals surface area contributed by atoms with Crippen LogP contribution in [-0.4, -0.2) is 11.8 Å². The molecule has 0 bridgehead atoms. The molecule has 1 aromatic rings. The van der Waals surface area contributed by atoms with Crippen molar-refractivity contribution in [1.29, 1.82) is 0 Å². The third kappa shape index (κ3) is 3.42. The first-order chi connectivity index (χ1) is 7.00. The molecule has 0 radical (unpaired) electrons. The predicted molar refractivity (Wildman–Crippen MR) is 58.9 cm³/mol. The molecule has 0 spiro atoms. The number of carbonyl (C=O) groups is 2. The standard InChI is InChI=1S/C9H8Cl2N2O2/c10-5-2-1-3-6(9(5)11)13-8(15)4-7(12)14/h1-3H,4H2,(H2,12,14)(H,13,15). The number of hydrogen-bond donors (Lipinski definition) is 2. The minimum absolute atomic E-state index is 0.233. The summed E-state index contributed by atoms with van der Waals surface area (Å²) < 4.78 is 0. The van der Waals surface area contributed by atoms with Gasteiger partial charge in [-0.15, -0.1) is 0 Å². The van der Waals surface area contributed by atoms with Gasteiger partial charge in [0.1, 0.15) is 6.42 Å². The normalized spacial score (nSPS) is 9.73. The molecule has 0 saturated carbocycles. The molecule has 15 heavy (non-hydrogen) atoms. The minimum atomic E-state index is -0.703. The zero-order valence-corrected chi connectivity index (χ0v) is 9.10. The van der Waals surface area contributed by atoms with Crippen molar-refractivity contribution in [3.8, 4) is 0 Å². The molecule has 0 unspecified atom stereocenters. The molecule has 3 N–H and O–H groups in total. The molecule has 0 aromatic heterocycles. The lowest BCUT2D eigenvalue weighted by atomic mass is 10.3. The van der Waals surface area contributed by atoms with Crippen molar-refractivity contribution in [2.24, 2.45) is 5.73 Å². The Balaban J connectivity index is 2.77. The van der Waals surface area contributed by atoms with Gasteiger partial charge in [-0.3, -0.25) is 9.59 Å². The maximum Gasteiger partial charge on any atom is 0.233 e. The summed E-state index contributed by atoms with van der Waals surface area (Å²) in [7, 11) is 0. The van der Waals surface area contributed by atoms with Gasteiger partial charge in [-0.2, -0.15) is 0 Å². The molecule has 0 aliphatic carbocycles. The van der Waals surface area contributed by atoms with E-state index in [2.05, 4.69) is 5.32 Å². The van der Waals surface area contributed by atoms with Gasteiger partial charge in [0, 0.05) is 0 Å². The van der Waals surface area contributed by atoms with Crippen LogP contribution in [0.5, 0.6) is 0 Å². The Hall–Kier alpha value is -1.26. The van der Waals surface area contributed by atoms with Crippen molar-refractivity contribution >= 4 is 40.7 Å². The van der Waals surface area contributed by atoms with Crippen molar-refractivity contribution in [1.82, 2.24) is 0 Å². The first kappa shape index (κ1) is 11.8. The van der Waals surface area contributed by atoms with Gasteiger partial charge in [0.25, 0.3) is 0 Å². The molecule has 0 aliphatic rings. The second kappa shape index (κ2) is 5.00. The second-order valence-corrected chi connectivity index (χ2v) is 3.58. The lowest BCUT2D eigenvalue weighted by molar-refractivity contribution is -0.124. The van der Waals surface area contributed by atoms with E-state index in [4.69, 9.17) is 28.9 Å². The van der Waals surface area contributed by atoms with Crippen LogP contribution in [0, 0.1) is 0 Å². The summed E-state index contributed by atoms with van der Waals surface area (Å²) in [5.74, 6) is -1.22. The van der Waals surface area contributed by atoms with Gasteiger partial charge in [0.15, 0.2) is 0 Å². The number of hydrogen-bond acceptors (Lipinski definition) is 2. The van der Waals surface area contributed by atoms with Crippen LogP contribution in [0.15, 0.2) is 18.2 Å². The van der Waals surface area contributed by atoms with E-state index in [0.29, 0.717) is 10.7 Å². The van der Waals surface area contributed by atoms with Crippen molar-refractivity contribution in [3.63, 3.8) is 0 Å². The smallest absolute Gasteiger partial charge is 0.233 e. The molecule has 0 saturated heterocycles. The summed E-state index contributed by atoms with van der Waals surface area (Å²) in [5.41, 5.74) is 5.21. The van der Waals surface area contributed by atoms with Crippen molar-refractivity contribution < 1.29 is 9.59 Å². The number of benzene rings is 1. The van der Waals surface area contributed by atoms with E-state index >= 15 is 0 Å². The number of halogens is 2. The van der Waals surface area contributed by atoms with E-state index in [1.54, 1.807) is 18.2 Å². The van der Waals surface area contributed by atoms with E-state index in [1.165, 1.54) is 0 Å². The van der Waals surface area contributed by atoms with Crippen molar-refractivity contribution in [2.45, 2.75) is 6.42 Å².